The first-order valence-electron chi connectivity index (χ1n) is 13.7. The number of fused-ring (bicyclic) bond motifs is 2. The van der Waals surface area contributed by atoms with Gasteiger partial charge >= 0.3 is 0 Å². The highest BCUT2D eigenvalue weighted by atomic mass is 32.1. The van der Waals surface area contributed by atoms with Crippen LogP contribution < -0.4 is 15.4 Å². The largest absolute Gasteiger partial charge is 0.508 e. The van der Waals surface area contributed by atoms with E-state index in [4.69, 9.17) is 4.74 Å². The predicted octanol–water partition coefficient (Wildman–Crippen LogP) is 8.29. The number of methoxy groups -OCH3 is 1. The summed E-state index contributed by atoms with van der Waals surface area (Å²) in [6.45, 7) is 2.10. The molecular formula is C29H38N4O2S2. The molecule has 6 rings (SSSR count). The van der Waals surface area contributed by atoms with Crippen LogP contribution in [0.25, 0.3) is 20.4 Å². The topological polar surface area (TPSA) is 79.3 Å². The first-order valence-corrected chi connectivity index (χ1v) is 15.3. The van der Waals surface area contributed by atoms with Crippen LogP contribution in [0.2, 0.25) is 0 Å². The molecule has 0 amide bonds. The molecule has 2 heterocycles. The van der Waals surface area contributed by atoms with Gasteiger partial charge in [0.05, 0.1) is 27.5 Å². The third kappa shape index (κ3) is 7.26. The van der Waals surface area contributed by atoms with E-state index >= 15 is 0 Å². The van der Waals surface area contributed by atoms with Crippen LogP contribution in [0.4, 0.5) is 10.3 Å². The van der Waals surface area contributed by atoms with Gasteiger partial charge in [0.2, 0.25) is 0 Å². The molecule has 0 atom stereocenters. The lowest BCUT2D eigenvalue weighted by atomic mass is 9.89. The molecule has 198 valence electrons. The Labute approximate surface area is 227 Å². The Bertz CT molecular complexity index is 1280. The molecule has 0 unspecified atom stereocenters. The van der Waals surface area contributed by atoms with Crippen LogP contribution in [-0.2, 0) is 0 Å². The summed E-state index contributed by atoms with van der Waals surface area (Å²) in [5.41, 5.74) is 2.01. The molecule has 2 aromatic heterocycles. The van der Waals surface area contributed by atoms with Crippen molar-refractivity contribution in [3.05, 3.63) is 36.4 Å². The average molecular weight is 539 g/mol. The van der Waals surface area contributed by atoms with Crippen molar-refractivity contribution in [2.24, 2.45) is 11.8 Å². The third-order valence-corrected chi connectivity index (χ3v) is 9.45. The van der Waals surface area contributed by atoms with E-state index < -0.39 is 0 Å². The normalized spacial score (nSPS) is 16.9. The van der Waals surface area contributed by atoms with Crippen molar-refractivity contribution in [2.45, 2.75) is 64.2 Å². The second-order valence-corrected chi connectivity index (χ2v) is 12.4. The van der Waals surface area contributed by atoms with E-state index in [-0.39, 0.29) is 0 Å². The Hall–Kier alpha value is -2.58. The number of ether oxygens (including phenoxy) is 1. The van der Waals surface area contributed by atoms with Crippen LogP contribution >= 0.6 is 22.7 Å². The van der Waals surface area contributed by atoms with Crippen LogP contribution in [0.5, 0.6) is 11.5 Å². The molecule has 0 aliphatic heterocycles. The predicted molar refractivity (Wildman–Crippen MR) is 158 cm³/mol. The number of thiazole rings is 2. The zero-order chi connectivity index (χ0) is 25.5. The second-order valence-electron chi connectivity index (χ2n) is 10.3. The van der Waals surface area contributed by atoms with E-state index in [9.17, 15) is 5.11 Å². The maximum absolute atomic E-state index is 9.43. The minimum Gasteiger partial charge on any atom is -0.508 e. The summed E-state index contributed by atoms with van der Waals surface area (Å²) in [5, 5.41) is 18.4. The van der Waals surface area contributed by atoms with Gasteiger partial charge < -0.3 is 20.5 Å². The first-order chi connectivity index (χ1) is 18.2. The molecule has 0 spiro atoms. The molecule has 2 saturated carbocycles. The number of anilines is 2. The van der Waals surface area contributed by atoms with Crippen LogP contribution in [0, 0.1) is 11.8 Å². The van der Waals surface area contributed by atoms with Crippen molar-refractivity contribution in [3.8, 4) is 11.5 Å². The molecule has 3 N–H and O–H groups in total. The Balaban J connectivity index is 0.000000152. The molecular weight excluding hydrogens is 500 g/mol. The van der Waals surface area contributed by atoms with Crippen LogP contribution in [-0.4, -0.2) is 35.3 Å². The minimum atomic E-state index is 0.310. The number of phenolic OH excluding ortho intramolecular Hbond substituents is 1. The summed E-state index contributed by atoms with van der Waals surface area (Å²) in [4.78, 5) is 9.16. The molecule has 0 bridgehead atoms. The number of hydrogen-bond donors (Lipinski definition) is 3. The van der Waals surface area contributed by atoms with Crippen LogP contribution in [0.3, 0.4) is 0 Å². The highest BCUT2D eigenvalue weighted by Crippen LogP contribution is 2.31. The van der Waals surface area contributed by atoms with Crippen molar-refractivity contribution >= 4 is 53.4 Å². The lowest BCUT2D eigenvalue weighted by Crippen LogP contribution is -2.16. The van der Waals surface area contributed by atoms with Crippen molar-refractivity contribution in [2.75, 3.05) is 30.8 Å². The quantitative estimate of drug-likeness (QED) is 0.220. The van der Waals surface area contributed by atoms with Gasteiger partial charge in [0.15, 0.2) is 10.3 Å². The van der Waals surface area contributed by atoms with Gasteiger partial charge in [-0.15, -0.1) is 0 Å². The number of aromatic nitrogens is 2. The smallest absolute Gasteiger partial charge is 0.183 e. The summed E-state index contributed by atoms with van der Waals surface area (Å²) in [6.07, 6.45) is 13.8. The molecule has 37 heavy (non-hydrogen) atoms. The van der Waals surface area contributed by atoms with Crippen molar-refractivity contribution in [1.82, 2.24) is 9.97 Å². The van der Waals surface area contributed by atoms with E-state index in [2.05, 4.69) is 26.7 Å². The van der Waals surface area contributed by atoms with E-state index in [0.717, 1.165) is 56.7 Å². The van der Waals surface area contributed by atoms with E-state index in [1.54, 1.807) is 41.9 Å². The SMILES string of the molecule is COc1ccc2nc(NCC3CCCCC3)sc2c1.Oc1ccc2nc(NCC3CCCCC3)sc2c1. The number of aromatic hydroxyl groups is 1. The van der Waals surface area contributed by atoms with Crippen molar-refractivity contribution < 1.29 is 9.84 Å². The second kappa shape index (κ2) is 12.8. The molecule has 8 heteroatoms. The summed E-state index contributed by atoms with van der Waals surface area (Å²) in [6, 6.07) is 11.4. The lowest BCUT2D eigenvalue weighted by molar-refractivity contribution is 0.373. The first kappa shape index (κ1) is 26.0. The zero-order valence-electron chi connectivity index (χ0n) is 21.7. The lowest BCUT2D eigenvalue weighted by Gasteiger charge is -2.21. The molecule has 6 nitrogen and oxygen atoms in total. The minimum absolute atomic E-state index is 0.310. The summed E-state index contributed by atoms with van der Waals surface area (Å²) in [7, 11) is 1.70. The molecule has 0 radical (unpaired) electrons. The standard InChI is InChI=1S/C15H20N2OS.C14H18N2OS/c1-18-12-7-8-13-14(9-12)19-15(17-13)16-10-11-5-3-2-4-6-11;17-11-6-7-12-13(8-11)18-14(16-12)15-9-10-4-2-1-3-5-10/h7-9,11H,2-6,10H2,1H3,(H,16,17);6-8,10,17H,1-5,9H2,(H,15,16). The molecule has 2 aromatic carbocycles. The van der Waals surface area contributed by atoms with E-state index in [1.165, 1.54) is 68.9 Å². The Morgan fingerprint density at radius 2 is 1.27 bits per heavy atom. The monoisotopic (exact) mass is 538 g/mol. The maximum Gasteiger partial charge on any atom is 0.183 e. The van der Waals surface area contributed by atoms with Crippen molar-refractivity contribution in [3.63, 3.8) is 0 Å². The number of nitrogens with one attached hydrogen (secondary N) is 2. The number of hydrogen-bond acceptors (Lipinski definition) is 8. The van der Waals surface area contributed by atoms with Gasteiger partial charge in [0.1, 0.15) is 11.5 Å². The van der Waals surface area contributed by atoms with Crippen LogP contribution in [0.15, 0.2) is 36.4 Å². The Morgan fingerprint density at radius 3 is 1.81 bits per heavy atom. The fraction of sp³-hybridized carbons (Fsp3) is 0.517. The Kier molecular flexibility index (Phi) is 9.00. The molecule has 2 aliphatic rings. The molecule has 4 aromatic rings. The van der Waals surface area contributed by atoms with Gasteiger partial charge in [-0.25, -0.2) is 9.97 Å². The highest BCUT2D eigenvalue weighted by Gasteiger charge is 2.15. The zero-order valence-corrected chi connectivity index (χ0v) is 23.3. The number of nitrogens with zero attached hydrogens (tertiary/aromatic N) is 2. The Morgan fingerprint density at radius 1 is 0.757 bits per heavy atom. The molecule has 2 aliphatic carbocycles. The fourth-order valence-corrected chi connectivity index (χ4v) is 7.15. The van der Waals surface area contributed by atoms with Gasteiger partial charge in [0, 0.05) is 13.1 Å². The number of benzene rings is 2. The number of rotatable bonds is 7. The van der Waals surface area contributed by atoms with Crippen LogP contribution in [0.1, 0.15) is 64.2 Å². The van der Waals surface area contributed by atoms with E-state index in [1.807, 2.05) is 18.2 Å². The van der Waals surface area contributed by atoms with Gasteiger partial charge in [-0.1, -0.05) is 61.2 Å². The summed E-state index contributed by atoms with van der Waals surface area (Å²) >= 11 is 3.33. The fourth-order valence-electron chi connectivity index (χ4n) is 5.34. The van der Waals surface area contributed by atoms with Gasteiger partial charge in [0.25, 0.3) is 0 Å². The highest BCUT2D eigenvalue weighted by molar-refractivity contribution is 7.22. The molecule has 2 fully saturated rings. The third-order valence-electron chi connectivity index (χ3n) is 7.50. The van der Waals surface area contributed by atoms with Gasteiger partial charge in [-0.3, -0.25) is 0 Å². The number of phenols is 1. The van der Waals surface area contributed by atoms with Gasteiger partial charge in [-0.2, -0.15) is 0 Å². The maximum atomic E-state index is 9.43. The summed E-state index contributed by atoms with van der Waals surface area (Å²) < 4.78 is 7.47. The average Bonchev–Trinajstić information content (AvgIpc) is 3.54. The van der Waals surface area contributed by atoms with E-state index in [0.29, 0.717) is 5.75 Å². The molecule has 0 saturated heterocycles. The van der Waals surface area contributed by atoms with Gasteiger partial charge in [-0.05, 0) is 73.9 Å². The summed E-state index contributed by atoms with van der Waals surface area (Å²) in [5.74, 6) is 2.84. The van der Waals surface area contributed by atoms with Crippen molar-refractivity contribution in [1.29, 1.82) is 0 Å².